The van der Waals surface area contributed by atoms with Crippen molar-refractivity contribution in [3.8, 4) is 0 Å². The highest BCUT2D eigenvalue weighted by atomic mass is 19.3. The van der Waals surface area contributed by atoms with Crippen molar-refractivity contribution in [1.82, 2.24) is 9.97 Å². The van der Waals surface area contributed by atoms with Crippen LogP contribution in [0.1, 0.15) is 103 Å². The number of rotatable bonds is 1. The van der Waals surface area contributed by atoms with Crippen LogP contribution in [0.3, 0.4) is 0 Å². The lowest BCUT2D eigenvalue weighted by atomic mass is 9.77. The first-order valence-electron chi connectivity index (χ1n) is 10.2. The van der Waals surface area contributed by atoms with Gasteiger partial charge < -0.3 is 0 Å². The Morgan fingerprint density at radius 1 is 0.893 bits per heavy atom. The molecule has 3 rings (SSSR count). The first kappa shape index (κ1) is 21.1. The van der Waals surface area contributed by atoms with Crippen LogP contribution >= 0.6 is 0 Å². The molecular weight excluding hydrogens is 354 g/mol. The molecule has 0 amide bonds. The number of hydrogen-bond donors (Lipinski definition) is 0. The lowest BCUT2D eigenvalue weighted by molar-refractivity contribution is 0.112. The van der Waals surface area contributed by atoms with Crippen LogP contribution in [0.5, 0.6) is 0 Å². The quantitative estimate of drug-likeness (QED) is 0.528. The van der Waals surface area contributed by atoms with Gasteiger partial charge in [-0.1, -0.05) is 62.3 Å². The first-order chi connectivity index (χ1) is 12.4. The summed E-state index contributed by atoms with van der Waals surface area (Å²) in [5.41, 5.74) is 4.02. The fourth-order valence-electron chi connectivity index (χ4n) is 4.18. The summed E-state index contributed by atoms with van der Waals surface area (Å²) in [5, 5.41) is 0.920. The van der Waals surface area contributed by atoms with E-state index in [1.165, 1.54) is 0 Å². The molecule has 0 radical (unpaired) electrons. The number of hydrogen-bond acceptors (Lipinski definition) is 2. The number of aryl methyl sites for hydroxylation is 1. The molecule has 4 heteroatoms. The first-order valence-corrected chi connectivity index (χ1v) is 10.2. The van der Waals surface area contributed by atoms with Gasteiger partial charge >= 0.3 is 0 Å². The van der Waals surface area contributed by atoms with Crippen molar-refractivity contribution < 1.29 is 8.78 Å². The summed E-state index contributed by atoms with van der Waals surface area (Å²) >= 11 is 0. The highest BCUT2D eigenvalue weighted by Crippen LogP contribution is 2.58. The summed E-state index contributed by atoms with van der Waals surface area (Å²) in [6.07, 6.45) is -0.0627. The highest BCUT2D eigenvalue weighted by Gasteiger charge is 2.58. The van der Waals surface area contributed by atoms with Gasteiger partial charge in [-0.2, -0.15) is 0 Å². The molecule has 1 atom stereocenters. The topological polar surface area (TPSA) is 25.8 Å². The van der Waals surface area contributed by atoms with Crippen LogP contribution < -0.4 is 0 Å². The second-order valence-electron chi connectivity index (χ2n) is 11.5. The molecule has 1 saturated carbocycles. The maximum atomic E-state index is 14.1. The molecule has 0 aliphatic heterocycles. The third-order valence-corrected chi connectivity index (χ3v) is 5.60. The number of nitrogens with zero attached hydrogens (tertiary/aromatic N) is 2. The van der Waals surface area contributed by atoms with Crippen molar-refractivity contribution in [3.05, 3.63) is 34.3 Å². The van der Waals surface area contributed by atoms with Gasteiger partial charge in [0.2, 0.25) is 0 Å². The largest absolute Gasteiger partial charge is 0.255 e. The van der Waals surface area contributed by atoms with E-state index in [9.17, 15) is 8.78 Å². The number of alkyl halides is 2. The lowest BCUT2D eigenvalue weighted by Gasteiger charge is -2.30. The van der Waals surface area contributed by atoms with Crippen LogP contribution in [0.4, 0.5) is 8.78 Å². The van der Waals surface area contributed by atoms with Crippen molar-refractivity contribution in [3.63, 3.8) is 0 Å². The van der Waals surface area contributed by atoms with E-state index in [0.29, 0.717) is 0 Å². The minimum Gasteiger partial charge on any atom is -0.236 e. The second kappa shape index (κ2) is 5.96. The van der Waals surface area contributed by atoms with Crippen LogP contribution in [0.2, 0.25) is 0 Å². The third kappa shape index (κ3) is 3.55. The van der Waals surface area contributed by atoms with E-state index in [-0.39, 0.29) is 22.7 Å². The number of aromatic nitrogens is 2. The van der Waals surface area contributed by atoms with E-state index in [1.807, 2.05) is 13.0 Å². The maximum Gasteiger partial charge on any atom is 0.255 e. The van der Waals surface area contributed by atoms with Gasteiger partial charge in [0, 0.05) is 22.6 Å². The van der Waals surface area contributed by atoms with Crippen molar-refractivity contribution in [1.29, 1.82) is 0 Å². The van der Waals surface area contributed by atoms with E-state index >= 15 is 0 Å². The van der Waals surface area contributed by atoms with Gasteiger partial charge in [-0.05, 0) is 35.1 Å². The van der Waals surface area contributed by atoms with Gasteiger partial charge in [-0.3, -0.25) is 0 Å². The molecule has 0 saturated heterocycles. The molecule has 1 aliphatic rings. The molecule has 154 valence electrons. The Balaban J connectivity index is 2.47. The summed E-state index contributed by atoms with van der Waals surface area (Å²) in [6, 6.07) is 1.97. The van der Waals surface area contributed by atoms with Gasteiger partial charge in [0.15, 0.2) is 0 Å². The molecule has 1 fully saturated rings. The fourth-order valence-corrected chi connectivity index (χ4v) is 4.18. The van der Waals surface area contributed by atoms with E-state index in [0.717, 1.165) is 39.1 Å². The van der Waals surface area contributed by atoms with Crippen LogP contribution in [0, 0.1) is 6.92 Å². The van der Waals surface area contributed by atoms with Crippen LogP contribution in [0.15, 0.2) is 6.07 Å². The van der Waals surface area contributed by atoms with Gasteiger partial charge in [0.25, 0.3) is 5.92 Å². The minimum atomic E-state index is -2.60. The summed E-state index contributed by atoms with van der Waals surface area (Å²) < 4.78 is 28.2. The lowest BCUT2D eigenvalue weighted by Crippen LogP contribution is -2.24. The second-order valence-corrected chi connectivity index (χ2v) is 11.5. The Morgan fingerprint density at radius 2 is 1.43 bits per heavy atom. The number of halogens is 2. The predicted octanol–water partition coefficient (Wildman–Crippen LogP) is 6.95. The Hall–Kier alpha value is -1.58. The van der Waals surface area contributed by atoms with Gasteiger partial charge in [-0.15, -0.1) is 0 Å². The van der Waals surface area contributed by atoms with Crippen molar-refractivity contribution in [2.45, 2.75) is 104 Å². The molecule has 2 nitrogen and oxygen atoms in total. The minimum absolute atomic E-state index is 0.0627. The SMILES string of the molecule is Cc1c(C(C)(C)C)c(C2CC2(F)F)cc2c(C(C)(C)C)nc(C(C)(C)C)nc12. The molecular formula is C24H34F2N2. The zero-order valence-electron chi connectivity index (χ0n) is 19.0. The molecule has 28 heavy (non-hydrogen) atoms. The maximum absolute atomic E-state index is 14.1. The van der Waals surface area contributed by atoms with E-state index < -0.39 is 11.8 Å². The van der Waals surface area contributed by atoms with Crippen molar-refractivity contribution in [2.75, 3.05) is 0 Å². The molecule has 1 unspecified atom stereocenters. The number of fused-ring (bicyclic) bond motifs is 1. The Bertz CT molecular complexity index is 938. The van der Waals surface area contributed by atoms with Gasteiger partial charge in [-0.25, -0.2) is 18.7 Å². The summed E-state index contributed by atoms with van der Waals surface area (Å²) in [5.74, 6) is -2.49. The molecule has 0 spiro atoms. The molecule has 1 heterocycles. The monoisotopic (exact) mass is 388 g/mol. The predicted molar refractivity (Wildman–Crippen MR) is 113 cm³/mol. The summed E-state index contributed by atoms with van der Waals surface area (Å²) in [6.45, 7) is 21.0. The summed E-state index contributed by atoms with van der Waals surface area (Å²) in [7, 11) is 0. The van der Waals surface area contributed by atoms with E-state index in [2.05, 4.69) is 62.3 Å². The molecule has 1 aromatic carbocycles. The fraction of sp³-hybridized carbons (Fsp3) is 0.667. The van der Waals surface area contributed by atoms with Crippen molar-refractivity contribution in [2.24, 2.45) is 0 Å². The standard InChI is InChI=1S/C24H34F2N2/c1-13-17(21(2,3)4)14(16-12-24(16,25)26)11-15-18(13)27-20(23(8,9)10)28-19(15)22(5,6)7/h11,16H,12H2,1-10H3. The number of benzene rings is 1. The van der Waals surface area contributed by atoms with Gasteiger partial charge in [0.05, 0.1) is 17.1 Å². The Labute approximate surface area is 168 Å². The molecule has 0 N–H and O–H groups in total. The Morgan fingerprint density at radius 3 is 1.82 bits per heavy atom. The van der Waals surface area contributed by atoms with E-state index in [4.69, 9.17) is 9.97 Å². The zero-order valence-corrected chi connectivity index (χ0v) is 19.0. The average Bonchev–Trinajstić information content (AvgIpc) is 3.11. The average molecular weight is 389 g/mol. The smallest absolute Gasteiger partial charge is 0.236 e. The zero-order chi connectivity index (χ0) is 21.4. The molecule has 1 aliphatic carbocycles. The normalized spacial score (nSPS) is 19.9. The van der Waals surface area contributed by atoms with Crippen LogP contribution in [0.25, 0.3) is 10.9 Å². The van der Waals surface area contributed by atoms with Gasteiger partial charge in [0.1, 0.15) is 5.82 Å². The summed E-state index contributed by atoms with van der Waals surface area (Å²) in [4.78, 5) is 9.89. The van der Waals surface area contributed by atoms with E-state index in [1.54, 1.807) is 0 Å². The van der Waals surface area contributed by atoms with Crippen LogP contribution in [-0.4, -0.2) is 15.9 Å². The van der Waals surface area contributed by atoms with Crippen LogP contribution in [-0.2, 0) is 16.2 Å². The molecule has 1 aromatic heterocycles. The van der Waals surface area contributed by atoms with Crippen molar-refractivity contribution >= 4 is 10.9 Å². The Kier molecular flexibility index (Phi) is 4.50. The molecule has 0 bridgehead atoms. The third-order valence-electron chi connectivity index (χ3n) is 5.60. The highest BCUT2D eigenvalue weighted by molar-refractivity contribution is 5.87. The molecule has 2 aromatic rings.